The van der Waals surface area contributed by atoms with E-state index in [1.165, 1.54) is 24.0 Å². The van der Waals surface area contributed by atoms with Gasteiger partial charge < -0.3 is 9.05 Å². The van der Waals surface area contributed by atoms with Gasteiger partial charge in [0.2, 0.25) is 0 Å². The minimum Gasteiger partial charge on any atom is -0.438 e. The smallest absolute Gasteiger partial charge is 0.438 e. The summed E-state index contributed by atoms with van der Waals surface area (Å²) in [6, 6.07) is 14.2. The van der Waals surface area contributed by atoms with E-state index in [-0.39, 0.29) is 0 Å². The summed E-state index contributed by atoms with van der Waals surface area (Å²) < 4.78 is 35.6. The lowest BCUT2D eigenvalue weighted by Crippen LogP contribution is -2.18. The van der Waals surface area contributed by atoms with Gasteiger partial charge in [0.25, 0.3) is 7.37 Å². The minimum atomic E-state index is -3.36. The Morgan fingerprint density at radius 1 is 0.679 bits per heavy atom. The molecule has 2 rings (SSSR count). The van der Waals surface area contributed by atoms with Crippen LogP contribution in [0.25, 0.3) is 11.1 Å². The molecule has 0 aliphatic heterocycles. The van der Waals surface area contributed by atoms with Crippen LogP contribution in [0.3, 0.4) is 0 Å². The highest BCUT2D eigenvalue weighted by Gasteiger charge is 2.21. The molecule has 0 unspecified atom stereocenters. The van der Waals surface area contributed by atoms with Crippen molar-refractivity contribution in [2.24, 2.45) is 0 Å². The van der Waals surface area contributed by atoms with Crippen LogP contribution in [0.1, 0.15) is 0 Å². The molecule has 0 amide bonds. The van der Waals surface area contributed by atoms with Crippen LogP contribution in [0.15, 0.2) is 98.9 Å². The molecule has 0 bridgehead atoms. The third kappa shape index (κ3) is 5.53. The van der Waals surface area contributed by atoms with Crippen LogP contribution in [-0.2, 0) is 9.13 Å². The molecule has 0 spiro atoms. The van der Waals surface area contributed by atoms with Gasteiger partial charge in [0.15, 0.2) is 0 Å². The van der Waals surface area contributed by atoms with E-state index in [0.29, 0.717) is 11.5 Å². The molecule has 2 N–H and O–H groups in total. The molecule has 0 heterocycles. The number of rotatable bonds is 11. The fraction of sp³-hybridized carbons (Fsp3) is 0. The van der Waals surface area contributed by atoms with Gasteiger partial charge in [0, 0.05) is 11.6 Å². The third-order valence-corrected chi connectivity index (χ3v) is 6.58. The number of hydrogen-bond donors (Lipinski definition) is 2. The maximum atomic E-state index is 12.5. The zero-order chi connectivity index (χ0) is 20.6. The van der Waals surface area contributed by atoms with Crippen LogP contribution in [0.5, 0.6) is 11.5 Å². The molecule has 0 aliphatic rings. The average molecular weight is 416 g/mol. The Kier molecular flexibility index (Phi) is 7.11. The summed E-state index contributed by atoms with van der Waals surface area (Å²) in [4.78, 5) is 0. The van der Waals surface area contributed by atoms with Crippen molar-refractivity contribution in [1.82, 2.24) is 10.2 Å². The largest absolute Gasteiger partial charge is 0.443 e. The normalized spacial score (nSPS) is 11.0. The quantitative estimate of drug-likeness (QED) is 0.422. The minimum absolute atomic E-state index is 0.411. The molecule has 0 radical (unpaired) electrons. The van der Waals surface area contributed by atoms with Gasteiger partial charge in [-0.25, -0.2) is 4.57 Å². The SMILES string of the molecule is C=CNP(=O)(NC=C)Oc1ccc(-c2ccc(OP(=O)(C=C)C=C)cc2)cc1. The molecule has 0 aromatic heterocycles. The number of nitrogens with one attached hydrogen (secondary N) is 2. The van der Waals surface area contributed by atoms with Crippen molar-refractivity contribution in [2.45, 2.75) is 0 Å². The van der Waals surface area contributed by atoms with E-state index in [1.807, 2.05) is 24.3 Å². The van der Waals surface area contributed by atoms with Gasteiger partial charge in [0.1, 0.15) is 11.5 Å². The molecular weight excluding hydrogens is 394 g/mol. The van der Waals surface area contributed by atoms with Gasteiger partial charge in [-0.05, 0) is 47.8 Å². The van der Waals surface area contributed by atoms with E-state index in [2.05, 4.69) is 36.5 Å². The van der Waals surface area contributed by atoms with Gasteiger partial charge in [-0.3, -0.25) is 14.7 Å². The van der Waals surface area contributed by atoms with E-state index >= 15 is 0 Å². The Morgan fingerprint density at radius 2 is 1.07 bits per heavy atom. The zero-order valence-corrected chi connectivity index (χ0v) is 17.1. The van der Waals surface area contributed by atoms with Crippen molar-refractivity contribution >= 4 is 15.0 Å². The van der Waals surface area contributed by atoms with Crippen molar-refractivity contribution in [3.63, 3.8) is 0 Å². The summed E-state index contributed by atoms with van der Waals surface area (Å²) in [5.41, 5.74) is 1.83. The Bertz CT molecular complexity index is 927. The van der Waals surface area contributed by atoms with Gasteiger partial charge >= 0.3 is 7.67 Å². The first-order valence-corrected chi connectivity index (χ1v) is 11.6. The van der Waals surface area contributed by atoms with Crippen molar-refractivity contribution < 1.29 is 18.2 Å². The topological polar surface area (TPSA) is 76.7 Å². The predicted octanol–water partition coefficient (Wildman–Crippen LogP) is 6.25. The van der Waals surface area contributed by atoms with Gasteiger partial charge in [0.05, 0.1) is 0 Å². The summed E-state index contributed by atoms with van der Waals surface area (Å²) >= 11 is 0. The maximum absolute atomic E-state index is 12.5. The fourth-order valence-corrected chi connectivity index (χ4v) is 4.04. The van der Waals surface area contributed by atoms with E-state index in [4.69, 9.17) is 9.05 Å². The van der Waals surface area contributed by atoms with Crippen molar-refractivity contribution in [3.05, 3.63) is 98.9 Å². The zero-order valence-electron chi connectivity index (χ0n) is 15.3. The van der Waals surface area contributed by atoms with Crippen molar-refractivity contribution in [2.75, 3.05) is 0 Å². The monoisotopic (exact) mass is 416 g/mol. The Labute approximate surface area is 165 Å². The number of hydrogen-bond acceptors (Lipinski definition) is 4. The van der Waals surface area contributed by atoms with E-state index < -0.39 is 15.0 Å². The molecule has 0 aliphatic carbocycles. The van der Waals surface area contributed by atoms with Crippen LogP contribution in [-0.4, -0.2) is 0 Å². The second-order valence-electron chi connectivity index (χ2n) is 5.46. The van der Waals surface area contributed by atoms with E-state index in [1.54, 1.807) is 24.3 Å². The standard InChI is InChI=1S/C20H22N2O4P2/c1-5-21-28(24,22-6-2)26-20-15-11-18(12-16-20)17-9-13-19(14-10-17)25-27(23,7-3)8-4/h5-16H,1-4H2,(H2,21,22,24). The summed E-state index contributed by atoms with van der Waals surface area (Å²) in [5.74, 6) is 3.38. The molecule has 28 heavy (non-hydrogen) atoms. The molecule has 2 aromatic carbocycles. The molecule has 0 saturated carbocycles. The summed E-state index contributed by atoms with van der Waals surface area (Å²) in [6.45, 7) is 14.0. The van der Waals surface area contributed by atoms with E-state index in [9.17, 15) is 9.13 Å². The Balaban J connectivity index is 2.15. The van der Waals surface area contributed by atoms with Crippen molar-refractivity contribution in [3.8, 4) is 22.6 Å². The molecule has 0 atom stereocenters. The van der Waals surface area contributed by atoms with Crippen LogP contribution in [0.2, 0.25) is 0 Å². The lowest BCUT2D eigenvalue weighted by molar-refractivity contribution is 0.467. The Hall–Kier alpha value is -2.94. The van der Waals surface area contributed by atoms with Crippen molar-refractivity contribution in [1.29, 1.82) is 0 Å². The number of benzene rings is 2. The first-order valence-electron chi connectivity index (χ1n) is 8.21. The highest BCUT2D eigenvalue weighted by molar-refractivity contribution is 7.65. The Morgan fingerprint density at radius 3 is 1.43 bits per heavy atom. The highest BCUT2D eigenvalue weighted by Crippen LogP contribution is 2.49. The second kappa shape index (κ2) is 9.32. The second-order valence-corrected chi connectivity index (χ2v) is 9.46. The third-order valence-electron chi connectivity index (χ3n) is 3.56. The summed E-state index contributed by atoms with van der Waals surface area (Å²) in [6.07, 6.45) is 2.57. The molecule has 6 nitrogen and oxygen atoms in total. The van der Waals surface area contributed by atoms with Crippen LogP contribution in [0.4, 0.5) is 0 Å². The average Bonchev–Trinajstić information content (AvgIpc) is 2.69. The maximum Gasteiger partial charge on any atom is 0.443 e. The molecular formula is C20H22N2O4P2. The first-order chi connectivity index (χ1) is 13.4. The molecule has 0 saturated heterocycles. The van der Waals surface area contributed by atoms with Crippen LogP contribution < -0.4 is 19.2 Å². The van der Waals surface area contributed by atoms with E-state index in [0.717, 1.165) is 11.1 Å². The molecule has 2 aromatic rings. The predicted molar refractivity (Wildman–Crippen MR) is 115 cm³/mol. The first kappa shape index (κ1) is 21.4. The van der Waals surface area contributed by atoms with Gasteiger partial charge in [-0.2, -0.15) is 0 Å². The van der Waals surface area contributed by atoms with Crippen LogP contribution >= 0.6 is 15.0 Å². The van der Waals surface area contributed by atoms with Gasteiger partial charge in [-0.1, -0.05) is 50.6 Å². The fourth-order valence-electron chi connectivity index (χ4n) is 2.21. The summed E-state index contributed by atoms with van der Waals surface area (Å²) in [7, 11) is -6.43. The molecule has 146 valence electrons. The molecule has 8 heteroatoms. The summed E-state index contributed by atoms with van der Waals surface area (Å²) in [5, 5.41) is 5.11. The molecule has 0 fully saturated rings. The van der Waals surface area contributed by atoms with Gasteiger partial charge in [-0.15, -0.1) is 0 Å². The lowest BCUT2D eigenvalue weighted by atomic mass is 10.1. The lowest BCUT2D eigenvalue weighted by Gasteiger charge is -2.18. The van der Waals surface area contributed by atoms with Crippen LogP contribution in [0, 0.1) is 0 Å². The highest BCUT2D eigenvalue weighted by atomic mass is 31.2.